The van der Waals surface area contributed by atoms with Crippen molar-refractivity contribution in [2.45, 2.75) is 0 Å². The normalized spacial score (nSPS) is 10.5. The van der Waals surface area contributed by atoms with Gasteiger partial charge in [0.05, 0.1) is 18.3 Å². The molecular formula is C9H9BrN2O. The quantitative estimate of drug-likeness (QED) is 0.837. The van der Waals surface area contributed by atoms with Crippen LogP contribution in [0, 0.1) is 0 Å². The molecule has 1 heterocycles. The first-order chi connectivity index (χ1) is 6.40. The number of ether oxygens (including phenoxy) is 1. The zero-order chi connectivity index (χ0) is 9.10. The van der Waals surface area contributed by atoms with E-state index in [1.54, 1.807) is 6.20 Å². The molecule has 1 aromatic heterocycles. The van der Waals surface area contributed by atoms with Crippen molar-refractivity contribution in [2.24, 2.45) is 0 Å². The van der Waals surface area contributed by atoms with Crippen LogP contribution >= 0.6 is 15.9 Å². The monoisotopic (exact) mass is 240 g/mol. The van der Waals surface area contributed by atoms with Gasteiger partial charge in [-0.15, -0.1) is 0 Å². The Morgan fingerprint density at radius 1 is 1.46 bits per heavy atom. The fraction of sp³-hybridized carbons (Fsp3) is 0.222. The zero-order valence-corrected chi connectivity index (χ0v) is 8.54. The lowest BCUT2D eigenvalue weighted by molar-refractivity contribution is 0.345. The average Bonchev–Trinajstić information content (AvgIpc) is 2.61. The van der Waals surface area contributed by atoms with Crippen molar-refractivity contribution in [3.8, 4) is 5.75 Å². The van der Waals surface area contributed by atoms with Crippen LogP contribution in [0.4, 0.5) is 0 Å². The molecule has 4 heteroatoms. The summed E-state index contributed by atoms with van der Waals surface area (Å²) in [7, 11) is 0. The number of aromatic amines is 1. The van der Waals surface area contributed by atoms with Crippen molar-refractivity contribution in [1.29, 1.82) is 0 Å². The molecule has 1 N–H and O–H groups in total. The van der Waals surface area contributed by atoms with E-state index in [2.05, 4.69) is 26.1 Å². The van der Waals surface area contributed by atoms with E-state index in [1.165, 1.54) is 0 Å². The van der Waals surface area contributed by atoms with Gasteiger partial charge in [-0.2, -0.15) is 5.10 Å². The summed E-state index contributed by atoms with van der Waals surface area (Å²) in [6.07, 6.45) is 1.80. The van der Waals surface area contributed by atoms with Crippen LogP contribution in [-0.2, 0) is 0 Å². The largest absolute Gasteiger partial charge is 0.493 e. The third kappa shape index (κ3) is 1.83. The Kier molecular flexibility index (Phi) is 2.49. The number of hydrogen-bond donors (Lipinski definition) is 1. The fourth-order valence-corrected chi connectivity index (χ4v) is 1.32. The van der Waals surface area contributed by atoms with E-state index in [4.69, 9.17) is 4.74 Å². The first-order valence-electron chi connectivity index (χ1n) is 4.02. The minimum Gasteiger partial charge on any atom is -0.493 e. The molecule has 0 radical (unpaired) electrons. The lowest BCUT2D eigenvalue weighted by Crippen LogP contribution is -1.97. The topological polar surface area (TPSA) is 37.9 Å². The Morgan fingerprint density at radius 2 is 2.38 bits per heavy atom. The summed E-state index contributed by atoms with van der Waals surface area (Å²) >= 11 is 3.30. The molecule has 1 aromatic carbocycles. The lowest BCUT2D eigenvalue weighted by Gasteiger charge is -2.02. The minimum absolute atomic E-state index is 0.680. The Bertz CT molecular complexity index is 399. The van der Waals surface area contributed by atoms with Crippen LogP contribution in [0.5, 0.6) is 5.75 Å². The molecule has 0 bridgehead atoms. The van der Waals surface area contributed by atoms with Gasteiger partial charge in [0.1, 0.15) is 5.75 Å². The molecule has 2 aromatic rings. The summed E-state index contributed by atoms with van der Waals surface area (Å²) < 4.78 is 5.44. The molecule has 68 valence electrons. The van der Waals surface area contributed by atoms with Crippen molar-refractivity contribution in [1.82, 2.24) is 10.2 Å². The number of aromatic nitrogens is 2. The van der Waals surface area contributed by atoms with E-state index in [0.717, 1.165) is 22.0 Å². The smallest absolute Gasteiger partial charge is 0.121 e. The molecule has 0 atom stereocenters. The number of fused-ring (bicyclic) bond motifs is 1. The summed E-state index contributed by atoms with van der Waals surface area (Å²) in [6.45, 7) is 0.680. The first kappa shape index (κ1) is 8.56. The summed E-state index contributed by atoms with van der Waals surface area (Å²) in [4.78, 5) is 0. The highest BCUT2D eigenvalue weighted by atomic mass is 79.9. The molecule has 0 fully saturated rings. The molecule has 0 aliphatic rings. The minimum atomic E-state index is 0.680. The first-order valence-corrected chi connectivity index (χ1v) is 5.14. The van der Waals surface area contributed by atoms with E-state index in [0.29, 0.717) is 6.61 Å². The van der Waals surface area contributed by atoms with Gasteiger partial charge in [0.15, 0.2) is 0 Å². The fourth-order valence-electron chi connectivity index (χ4n) is 1.16. The molecule has 0 spiro atoms. The number of nitrogens with one attached hydrogen (secondary N) is 1. The van der Waals surface area contributed by atoms with Crippen LogP contribution in [-0.4, -0.2) is 22.1 Å². The second-order valence-electron chi connectivity index (χ2n) is 2.66. The molecule has 0 aliphatic carbocycles. The van der Waals surface area contributed by atoms with Crippen LogP contribution in [0.25, 0.3) is 10.9 Å². The van der Waals surface area contributed by atoms with Crippen LogP contribution in [0.15, 0.2) is 24.4 Å². The van der Waals surface area contributed by atoms with Crippen LogP contribution < -0.4 is 4.74 Å². The maximum Gasteiger partial charge on any atom is 0.121 e. The van der Waals surface area contributed by atoms with Crippen LogP contribution in [0.1, 0.15) is 0 Å². The van der Waals surface area contributed by atoms with Crippen molar-refractivity contribution in [2.75, 3.05) is 11.9 Å². The number of rotatable bonds is 3. The predicted molar refractivity (Wildman–Crippen MR) is 55.4 cm³/mol. The van der Waals surface area contributed by atoms with Crippen molar-refractivity contribution < 1.29 is 4.74 Å². The van der Waals surface area contributed by atoms with E-state index in [1.807, 2.05) is 18.2 Å². The third-order valence-electron chi connectivity index (χ3n) is 1.76. The summed E-state index contributed by atoms with van der Waals surface area (Å²) in [5.74, 6) is 0.871. The van der Waals surface area contributed by atoms with Gasteiger partial charge in [-0.25, -0.2) is 0 Å². The molecule has 0 unspecified atom stereocenters. The van der Waals surface area contributed by atoms with Gasteiger partial charge in [0.2, 0.25) is 0 Å². The number of hydrogen-bond acceptors (Lipinski definition) is 2. The SMILES string of the molecule is BrCCOc1ccc2cn[nH]c2c1. The standard InChI is InChI=1S/C9H9BrN2O/c10-3-4-13-8-2-1-7-6-11-12-9(7)5-8/h1-2,5-6H,3-4H2,(H,11,12). The molecular weight excluding hydrogens is 232 g/mol. The third-order valence-corrected chi connectivity index (χ3v) is 2.08. The molecule has 0 saturated heterocycles. The van der Waals surface area contributed by atoms with E-state index >= 15 is 0 Å². The summed E-state index contributed by atoms with van der Waals surface area (Å²) in [5, 5.41) is 8.77. The van der Waals surface area contributed by atoms with Gasteiger partial charge in [-0.3, -0.25) is 5.10 Å². The average molecular weight is 241 g/mol. The Balaban J connectivity index is 2.26. The highest BCUT2D eigenvalue weighted by Gasteiger charge is 1.97. The molecule has 13 heavy (non-hydrogen) atoms. The molecule has 0 amide bonds. The second kappa shape index (κ2) is 3.79. The Morgan fingerprint density at radius 3 is 3.23 bits per heavy atom. The Hall–Kier alpha value is -1.03. The van der Waals surface area contributed by atoms with Gasteiger partial charge in [-0.1, -0.05) is 15.9 Å². The van der Waals surface area contributed by atoms with Crippen molar-refractivity contribution in [3.05, 3.63) is 24.4 Å². The van der Waals surface area contributed by atoms with E-state index in [9.17, 15) is 0 Å². The number of H-pyrrole nitrogens is 1. The van der Waals surface area contributed by atoms with E-state index < -0.39 is 0 Å². The van der Waals surface area contributed by atoms with Gasteiger partial charge < -0.3 is 4.74 Å². The van der Waals surface area contributed by atoms with Gasteiger partial charge in [0.25, 0.3) is 0 Å². The van der Waals surface area contributed by atoms with Crippen molar-refractivity contribution >= 4 is 26.8 Å². The van der Waals surface area contributed by atoms with Crippen LogP contribution in [0.3, 0.4) is 0 Å². The predicted octanol–water partition coefficient (Wildman–Crippen LogP) is 2.34. The second-order valence-corrected chi connectivity index (χ2v) is 3.45. The summed E-state index contributed by atoms with van der Waals surface area (Å²) in [6, 6.07) is 5.88. The van der Waals surface area contributed by atoms with Crippen molar-refractivity contribution in [3.63, 3.8) is 0 Å². The highest BCUT2D eigenvalue weighted by molar-refractivity contribution is 9.09. The van der Waals surface area contributed by atoms with Gasteiger partial charge in [-0.05, 0) is 12.1 Å². The Labute approximate surface area is 84.2 Å². The van der Waals surface area contributed by atoms with Crippen LogP contribution in [0.2, 0.25) is 0 Å². The maximum absolute atomic E-state index is 5.44. The number of alkyl halides is 1. The van der Waals surface area contributed by atoms with Gasteiger partial charge in [0, 0.05) is 16.8 Å². The highest BCUT2D eigenvalue weighted by Crippen LogP contribution is 2.18. The molecule has 2 rings (SSSR count). The number of halogens is 1. The maximum atomic E-state index is 5.44. The zero-order valence-electron chi connectivity index (χ0n) is 6.96. The number of benzene rings is 1. The molecule has 0 saturated carbocycles. The molecule has 0 aliphatic heterocycles. The molecule has 3 nitrogen and oxygen atoms in total. The van der Waals surface area contributed by atoms with E-state index in [-0.39, 0.29) is 0 Å². The summed E-state index contributed by atoms with van der Waals surface area (Å²) in [5.41, 5.74) is 1.01. The lowest BCUT2D eigenvalue weighted by atomic mass is 10.2. The van der Waals surface area contributed by atoms with Gasteiger partial charge >= 0.3 is 0 Å². The number of nitrogens with zero attached hydrogens (tertiary/aromatic N) is 1.